The van der Waals surface area contributed by atoms with Crippen LogP contribution < -0.4 is 5.69 Å². The number of fused-ring (bicyclic) bond motifs is 4. The fraction of sp³-hybridized carbons (Fsp3) is 0.0541. The SMILES string of the molecule is Cn1c(=O)n(C)c2cc(-c3ccc(-c4cc(-c5ccc6c(c5)sc5ccccc56)nc(-c5ccccc5)n4)cc3)ccc21. The summed E-state index contributed by atoms with van der Waals surface area (Å²) < 4.78 is 5.91. The quantitative estimate of drug-likeness (QED) is 0.211. The molecule has 5 nitrogen and oxygen atoms in total. The van der Waals surface area contributed by atoms with Gasteiger partial charge in [-0.25, -0.2) is 14.8 Å². The number of aryl methyl sites for hydroxylation is 2. The van der Waals surface area contributed by atoms with Gasteiger partial charge in [0.1, 0.15) is 0 Å². The Labute approximate surface area is 252 Å². The molecule has 0 aliphatic heterocycles. The molecule has 3 heterocycles. The van der Waals surface area contributed by atoms with Crippen molar-refractivity contribution in [2.75, 3.05) is 0 Å². The lowest BCUT2D eigenvalue weighted by molar-refractivity contribution is 0.795. The standard InChI is InChI=1S/C37H26N4OS/c1-40-32-19-17-26(20-33(32)41(2)37(40)42)23-12-14-24(15-13-23)30-22-31(39-36(38-30)25-8-4-3-5-9-25)27-16-18-29-28-10-6-7-11-34(28)43-35(29)21-27/h3-22H,1-2H3. The van der Waals surface area contributed by atoms with Gasteiger partial charge in [0.25, 0.3) is 0 Å². The van der Waals surface area contributed by atoms with Crippen LogP contribution in [0.1, 0.15) is 0 Å². The van der Waals surface area contributed by atoms with Gasteiger partial charge in [-0.1, -0.05) is 91.0 Å². The topological polar surface area (TPSA) is 52.7 Å². The van der Waals surface area contributed by atoms with E-state index in [9.17, 15) is 4.79 Å². The van der Waals surface area contributed by atoms with E-state index in [1.54, 1.807) is 16.2 Å². The summed E-state index contributed by atoms with van der Waals surface area (Å²) in [7, 11) is 3.62. The zero-order valence-corrected chi connectivity index (χ0v) is 24.5. The zero-order chi connectivity index (χ0) is 29.1. The molecular formula is C37H26N4OS. The first-order chi connectivity index (χ1) is 21.0. The summed E-state index contributed by atoms with van der Waals surface area (Å²) in [5.74, 6) is 0.698. The molecule has 0 saturated heterocycles. The summed E-state index contributed by atoms with van der Waals surface area (Å²) in [6, 6.07) is 42.0. The number of rotatable bonds is 4. The molecule has 0 N–H and O–H groups in total. The number of hydrogen-bond acceptors (Lipinski definition) is 4. The van der Waals surface area contributed by atoms with E-state index in [0.717, 1.165) is 50.2 Å². The lowest BCUT2D eigenvalue weighted by Gasteiger charge is -2.10. The average Bonchev–Trinajstić information content (AvgIpc) is 3.54. The molecule has 0 aliphatic rings. The third kappa shape index (κ3) is 4.26. The van der Waals surface area contributed by atoms with Crippen LogP contribution in [0, 0.1) is 0 Å². The van der Waals surface area contributed by atoms with Gasteiger partial charge in [-0.05, 0) is 41.5 Å². The second-order valence-electron chi connectivity index (χ2n) is 10.8. The molecule has 0 atom stereocenters. The van der Waals surface area contributed by atoms with Crippen molar-refractivity contribution >= 4 is 42.5 Å². The fourth-order valence-corrected chi connectivity index (χ4v) is 7.01. The Kier molecular flexibility index (Phi) is 5.84. The molecule has 0 unspecified atom stereocenters. The maximum Gasteiger partial charge on any atom is 0.328 e. The first-order valence-electron chi connectivity index (χ1n) is 14.2. The van der Waals surface area contributed by atoms with Gasteiger partial charge >= 0.3 is 5.69 Å². The average molecular weight is 575 g/mol. The number of benzene rings is 5. The summed E-state index contributed by atoms with van der Waals surface area (Å²) >= 11 is 1.81. The first kappa shape index (κ1) is 25.4. The van der Waals surface area contributed by atoms with E-state index >= 15 is 0 Å². The Hall–Kier alpha value is -5.33. The lowest BCUT2D eigenvalue weighted by atomic mass is 10.0. The van der Waals surface area contributed by atoms with Crippen molar-refractivity contribution in [1.82, 2.24) is 19.1 Å². The third-order valence-corrected chi connectivity index (χ3v) is 9.35. The Morgan fingerprint density at radius 3 is 1.95 bits per heavy atom. The highest BCUT2D eigenvalue weighted by Gasteiger charge is 2.14. The van der Waals surface area contributed by atoms with Crippen LogP contribution in [0.2, 0.25) is 0 Å². The van der Waals surface area contributed by atoms with Gasteiger partial charge in [0.05, 0.1) is 22.4 Å². The largest absolute Gasteiger partial charge is 0.328 e. The molecule has 0 aliphatic carbocycles. The summed E-state index contributed by atoms with van der Waals surface area (Å²) in [5.41, 5.74) is 8.77. The highest BCUT2D eigenvalue weighted by atomic mass is 32.1. The van der Waals surface area contributed by atoms with Gasteiger partial charge in [-0.2, -0.15) is 0 Å². The molecule has 5 aromatic carbocycles. The molecular weight excluding hydrogens is 549 g/mol. The van der Waals surface area contributed by atoms with Crippen LogP contribution in [0.5, 0.6) is 0 Å². The molecule has 0 fully saturated rings. The van der Waals surface area contributed by atoms with Crippen molar-refractivity contribution in [2.45, 2.75) is 0 Å². The first-order valence-corrected chi connectivity index (χ1v) is 15.0. The number of imidazole rings is 1. The molecule has 0 radical (unpaired) electrons. The molecule has 0 amide bonds. The number of thiophene rings is 1. The molecule has 43 heavy (non-hydrogen) atoms. The van der Waals surface area contributed by atoms with Crippen molar-refractivity contribution in [2.24, 2.45) is 14.1 Å². The fourth-order valence-electron chi connectivity index (χ4n) is 5.86. The second-order valence-corrected chi connectivity index (χ2v) is 11.9. The zero-order valence-electron chi connectivity index (χ0n) is 23.7. The summed E-state index contributed by atoms with van der Waals surface area (Å²) in [5, 5.41) is 2.56. The minimum Gasteiger partial charge on any atom is -0.295 e. The monoisotopic (exact) mass is 574 g/mol. The van der Waals surface area contributed by atoms with E-state index < -0.39 is 0 Å². The van der Waals surface area contributed by atoms with E-state index in [4.69, 9.17) is 9.97 Å². The summed E-state index contributed by atoms with van der Waals surface area (Å²) in [4.78, 5) is 22.5. The van der Waals surface area contributed by atoms with Crippen molar-refractivity contribution in [3.05, 3.63) is 132 Å². The van der Waals surface area contributed by atoms with Crippen LogP contribution in [0.25, 0.3) is 76.2 Å². The highest BCUT2D eigenvalue weighted by Crippen LogP contribution is 2.37. The highest BCUT2D eigenvalue weighted by molar-refractivity contribution is 7.25. The number of hydrogen-bond donors (Lipinski definition) is 0. The number of aromatic nitrogens is 4. The van der Waals surface area contributed by atoms with Crippen molar-refractivity contribution in [3.8, 4) is 45.0 Å². The smallest absolute Gasteiger partial charge is 0.295 e. The normalized spacial score (nSPS) is 11.6. The van der Waals surface area contributed by atoms with Crippen LogP contribution in [-0.4, -0.2) is 19.1 Å². The molecule has 0 bridgehead atoms. The van der Waals surface area contributed by atoms with Crippen LogP contribution in [0.4, 0.5) is 0 Å². The van der Waals surface area contributed by atoms with E-state index in [1.165, 1.54) is 20.2 Å². The van der Waals surface area contributed by atoms with Gasteiger partial charge in [0.2, 0.25) is 0 Å². The van der Waals surface area contributed by atoms with E-state index in [-0.39, 0.29) is 5.69 Å². The van der Waals surface area contributed by atoms with Crippen LogP contribution in [0.15, 0.2) is 126 Å². The molecule has 206 valence electrons. The van der Waals surface area contributed by atoms with Gasteiger partial charge < -0.3 is 0 Å². The van der Waals surface area contributed by atoms with Crippen LogP contribution in [-0.2, 0) is 14.1 Å². The Morgan fingerprint density at radius 2 is 1.14 bits per heavy atom. The van der Waals surface area contributed by atoms with Crippen LogP contribution in [0.3, 0.4) is 0 Å². The maximum atomic E-state index is 12.4. The second kappa shape index (κ2) is 9.89. The summed E-state index contributed by atoms with van der Waals surface area (Å²) in [6.07, 6.45) is 0. The molecule has 0 saturated carbocycles. The maximum absolute atomic E-state index is 12.4. The minimum atomic E-state index is -0.0252. The minimum absolute atomic E-state index is 0.0252. The van der Waals surface area contributed by atoms with Crippen molar-refractivity contribution in [1.29, 1.82) is 0 Å². The predicted molar refractivity (Wildman–Crippen MR) is 178 cm³/mol. The van der Waals surface area contributed by atoms with Gasteiger partial charge in [-0.3, -0.25) is 9.13 Å². The molecule has 3 aromatic heterocycles. The molecule has 6 heteroatoms. The summed E-state index contributed by atoms with van der Waals surface area (Å²) in [6.45, 7) is 0. The number of nitrogens with zero attached hydrogens (tertiary/aromatic N) is 4. The van der Waals surface area contributed by atoms with Gasteiger partial charge in [-0.15, -0.1) is 11.3 Å². The Morgan fingerprint density at radius 1 is 0.512 bits per heavy atom. The lowest BCUT2D eigenvalue weighted by Crippen LogP contribution is -2.19. The third-order valence-electron chi connectivity index (χ3n) is 8.22. The molecule has 8 rings (SSSR count). The van der Waals surface area contributed by atoms with Crippen LogP contribution >= 0.6 is 11.3 Å². The Balaban J connectivity index is 1.23. The van der Waals surface area contributed by atoms with Crippen molar-refractivity contribution < 1.29 is 0 Å². The van der Waals surface area contributed by atoms with E-state index in [1.807, 2.05) is 54.8 Å². The molecule has 0 spiro atoms. The molecule has 8 aromatic rings. The van der Waals surface area contributed by atoms with E-state index in [2.05, 4.69) is 84.9 Å². The predicted octanol–water partition coefficient (Wildman–Crippen LogP) is 8.70. The Bertz CT molecular complexity index is 2380. The van der Waals surface area contributed by atoms with Crippen molar-refractivity contribution in [3.63, 3.8) is 0 Å². The van der Waals surface area contributed by atoms with Gasteiger partial charge in [0.15, 0.2) is 5.82 Å². The van der Waals surface area contributed by atoms with E-state index in [0.29, 0.717) is 5.82 Å². The van der Waals surface area contributed by atoms with Gasteiger partial charge in [0, 0.05) is 51.0 Å².